The van der Waals surface area contributed by atoms with E-state index in [0.717, 1.165) is 16.6 Å². The van der Waals surface area contributed by atoms with Crippen molar-refractivity contribution in [2.45, 2.75) is 4.90 Å². The first-order chi connectivity index (χ1) is 12.4. The van der Waals surface area contributed by atoms with Gasteiger partial charge in [0.2, 0.25) is 5.95 Å². The summed E-state index contributed by atoms with van der Waals surface area (Å²) in [5.41, 5.74) is 5.99. The molecule has 1 heterocycles. The van der Waals surface area contributed by atoms with Crippen molar-refractivity contribution < 1.29 is 41.9 Å². The number of anilines is 4. The fourth-order valence-corrected chi connectivity index (χ4v) is 2.61. The Balaban J connectivity index is 0.00000261. The summed E-state index contributed by atoms with van der Waals surface area (Å²) in [4.78, 5) is 20.8. The zero-order valence-corrected chi connectivity index (χ0v) is 19.0. The average molecular weight is 522 g/mol. The van der Waals surface area contributed by atoms with Gasteiger partial charge in [0, 0.05) is 44.6 Å². The maximum Gasteiger partial charge on any atom is 0.253 e. The minimum Gasteiger partial charge on any atom is -0.780 e. The molecule has 135 valence electrons. The van der Waals surface area contributed by atoms with Crippen molar-refractivity contribution >= 4 is 57.6 Å². The van der Waals surface area contributed by atoms with Crippen LogP contribution in [-0.4, -0.2) is 15.9 Å². The summed E-state index contributed by atoms with van der Waals surface area (Å²) >= 11 is 8.37. The van der Waals surface area contributed by atoms with E-state index in [1.54, 1.807) is 24.3 Å². The van der Waals surface area contributed by atoms with Gasteiger partial charge in [0.15, 0.2) is 0 Å². The van der Waals surface area contributed by atoms with E-state index in [1.807, 2.05) is 0 Å². The molecule has 0 saturated heterocycles. The second-order valence-electron chi connectivity index (χ2n) is 5.19. The third kappa shape index (κ3) is 5.41. The molecule has 4 N–H and O–H groups in total. The molecule has 27 heavy (non-hydrogen) atoms. The molecule has 0 unspecified atom stereocenters. The maximum absolute atomic E-state index is 13.9. The number of nitrogens with one attached hydrogen (secondary N) is 2. The number of aromatic nitrogens is 2. The molecule has 1 aromatic heterocycles. The second-order valence-corrected chi connectivity index (χ2v) is 6.52. The van der Waals surface area contributed by atoms with Gasteiger partial charge in [-0.3, -0.25) is 4.79 Å². The van der Waals surface area contributed by atoms with Crippen molar-refractivity contribution in [3.63, 3.8) is 0 Å². The molecule has 0 atom stereocenters. The number of primary amides is 1. The van der Waals surface area contributed by atoms with Crippen LogP contribution < -0.4 is 16.4 Å². The molecule has 0 bridgehead atoms. The molecule has 2 aromatic carbocycles. The molecule has 3 aromatic rings. The van der Waals surface area contributed by atoms with Gasteiger partial charge in [-0.1, -0.05) is 18.2 Å². The normalized spacial score (nSPS) is 10.0. The summed E-state index contributed by atoms with van der Waals surface area (Å²) in [6, 6.07) is 11.3. The van der Waals surface area contributed by atoms with E-state index < -0.39 is 11.7 Å². The van der Waals surface area contributed by atoms with E-state index in [2.05, 4.69) is 36.5 Å². The first-order valence-electron chi connectivity index (χ1n) is 7.36. The van der Waals surface area contributed by atoms with Crippen molar-refractivity contribution in [1.82, 2.24) is 9.97 Å². The quantitative estimate of drug-likeness (QED) is 0.441. The standard InChI is InChI=1S/C17H13BrFN5OS.Y/c18-11-8-21-17(22-9-4-6-10(26)7-5-9)24-16(11)23-13-3-1-2-12(19)14(13)15(20)25;/h1-8,26H,(H2,20,25)(H2,21,22,23,24);/p-1. The number of halogens is 2. The van der Waals surface area contributed by atoms with E-state index in [4.69, 9.17) is 18.4 Å². The molecule has 0 aliphatic heterocycles. The van der Waals surface area contributed by atoms with Gasteiger partial charge in [-0.25, -0.2) is 9.37 Å². The predicted molar refractivity (Wildman–Crippen MR) is 103 cm³/mol. The van der Waals surface area contributed by atoms with Crippen LogP contribution in [0.15, 0.2) is 58.0 Å². The van der Waals surface area contributed by atoms with E-state index in [0.29, 0.717) is 16.2 Å². The van der Waals surface area contributed by atoms with Crippen LogP contribution in [0.5, 0.6) is 0 Å². The molecule has 0 spiro atoms. The van der Waals surface area contributed by atoms with Crippen LogP contribution in [0.3, 0.4) is 0 Å². The van der Waals surface area contributed by atoms with Crippen LogP contribution >= 0.6 is 15.9 Å². The fraction of sp³-hybridized carbons (Fsp3) is 0. The number of hydrogen-bond acceptors (Lipinski definition) is 6. The molecular weight excluding hydrogens is 510 g/mol. The van der Waals surface area contributed by atoms with Gasteiger partial charge in [0.1, 0.15) is 11.6 Å². The van der Waals surface area contributed by atoms with Crippen molar-refractivity contribution in [3.05, 3.63) is 64.5 Å². The topological polar surface area (TPSA) is 92.9 Å². The van der Waals surface area contributed by atoms with Crippen molar-refractivity contribution in [1.29, 1.82) is 0 Å². The Morgan fingerprint density at radius 2 is 1.85 bits per heavy atom. The number of carbonyl (C=O) groups is 1. The number of nitrogens with two attached hydrogens (primary N) is 1. The van der Waals surface area contributed by atoms with Gasteiger partial charge in [-0.2, -0.15) is 9.88 Å². The Labute approximate surface area is 194 Å². The molecule has 6 nitrogen and oxygen atoms in total. The molecular formula is C17H12BrFN5OSY-. The Kier molecular flexibility index (Phi) is 7.61. The Morgan fingerprint density at radius 3 is 2.52 bits per heavy atom. The zero-order chi connectivity index (χ0) is 18.7. The fourth-order valence-electron chi connectivity index (χ4n) is 2.19. The van der Waals surface area contributed by atoms with E-state index in [1.165, 1.54) is 18.3 Å². The van der Waals surface area contributed by atoms with Crippen LogP contribution in [-0.2, 0) is 45.3 Å². The van der Waals surface area contributed by atoms with E-state index in [9.17, 15) is 9.18 Å². The number of hydrogen-bond donors (Lipinski definition) is 3. The Hall–Kier alpha value is -1.68. The number of benzene rings is 2. The zero-order valence-electron chi connectivity index (χ0n) is 13.7. The summed E-state index contributed by atoms with van der Waals surface area (Å²) in [5.74, 6) is -0.937. The second kappa shape index (κ2) is 9.50. The SMILES string of the molecule is NC(=O)c1c(F)cccc1Nc1nc(Nc2ccc([S-])cc2)ncc1Br.[Y]. The Bertz CT molecular complexity index is 974. The van der Waals surface area contributed by atoms with Crippen molar-refractivity contribution in [2.75, 3.05) is 10.6 Å². The van der Waals surface area contributed by atoms with Gasteiger partial charge in [0.05, 0.1) is 15.7 Å². The minimum atomic E-state index is -0.877. The summed E-state index contributed by atoms with van der Waals surface area (Å²) in [6.07, 6.45) is 1.53. The molecule has 0 fully saturated rings. The molecule has 0 aliphatic rings. The number of amides is 1. The smallest absolute Gasteiger partial charge is 0.253 e. The van der Waals surface area contributed by atoms with Crippen LogP contribution in [0.2, 0.25) is 0 Å². The molecule has 0 saturated carbocycles. The largest absolute Gasteiger partial charge is 0.780 e. The van der Waals surface area contributed by atoms with Crippen molar-refractivity contribution in [3.8, 4) is 0 Å². The Morgan fingerprint density at radius 1 is 1.15 bits per heavy atom. The van der Waals surface area contributed by atoms with Gasteiger partial charge in [-0.05, 0) is 40.2 Å². The van der Waals surface area contributed by atoms with Gasteiger partial charge >= 0.3 is 0 Å². The van der Waals surface area contributed by atoms with Crippen molar-refractivity contribution in [2.24, 2.45) is 5.73 Å². The van der Waals surface area contributed by atoms with Gasteiger partial charge in [-0.15, -0.1) is 0 Å². The molecule has 1 amide bonds. The summed E-state index contributed by atoms with van der Waals surface area (Å²) in [7, 11) is 0. The van der Waals surface area contributed by atoms with Crippen LogP contribution in [0.25, 0.3) is 0 Å². The minimum absolute atomic E-state index is 0. The summed E-state index contributed by atoms with van der Waals surface area (Å²) in [6.45, 7) is 0. The average Bonchev–Trinajstić information content (AvgIpc) is 2.59. The maximum atomic E-state index is 13.9. The van der Waals surface area contributed by atoms with E-state index in [-0.39, 0.29) is 44.0 Å². The van der Waals surface area contributed by atoms with Gasteiger partial charge < -0.3 is 29.0 Å². The third-order valence-electron chi connectivity index (χ3n) is 3.37. The molecule has 10 heteroatoms. The molecule has 1 radical (unpaired) electrons. The number of rotatable bonds is 5. The monoisotopic (exact) mass is 521 g/mol. The van der Waals surface area contributed by atoms with Crippen LogP contribution in [0.4, 0.5) is 27.5 Å². The van der Waals surface area contributed by atoms with Crippen LogP contribution in [0, 0.1) is 5.82 Å². The summed E-state index contributed by atoms with van der Waals surface area (Å²) in [5, 5.41) is 5.94. The predicted octanol–water partition coefficient (Wildman–Crippen LogP) is 3.87. The van der Waals surface area contributed by atoms with Gasteiger partial charge in [0.25, 0.3) is 5.91 Å². The first-order valence-corrected chi connectivity index (χ1v) is 8.56. The third-order valence-corrected chi connectivity index (χ3v) is 4.22. The summed E-state index contributed by atoms with van der Waals surface area (Å²) < 4.78 is 14.4. The molecule has 0 aliphatic carbocycles. The van der Waals surface area contributed by atoms with E-state index >= 15 is 0 Å². The van der Waals surface area contributed by atoms with Crippen LogP contribution in [0.1, 0.15) is 10.4 Å². The molecule has 3 rings (SSSR count). The number of nitrogens with zero attached hydrogens (tertiary/aromatic N) is 2. The number of carbonyl (C=O) groups excluding carboxylic acids is 1. The first kappa shape index (κ1) is 21.6.